The number of rotatable bonds is 4. The maximum Gasteiger partial charge on any atom is 0.310 e. The largest absolute Gasteiger partial charge is 0.373 e. The molecule has 0 radical (unpaired) electrons. The van der Waals surface area contributed by atoms with Crippen molar-refractivity contribution < 1.29 is 13.3 Å². The van der Waals surface area contributed by atoms with E-state index in [0.29, 0.717) is 0 Å². The van der Waals surface area contributed by atoms with Gasteiger partial charge in [-0.05, 0) is 35.1 Å². The summed E-state index contributed by atoms with van der Waals surface area (Å²) in [6.07, 6.45) is 1.75. The third-order valence-corrected chi connectivity index (χ3v) is 5.82. The number of anilines is 1. The molecule has 0 aliphatic heterocycles. The smallest absolute Gasteiger partial charge is 0.310 e. The highest BCUT2D eigenvalue weighted by Crippen LogP contribution is 2.46. The number of nitrogens with zero attached hydrogens (tertiary/aromatic N) is 1. The van der Waals surface area contributed by atoms with Crippen LogP contribution in [0.15, 0.2) is 47.4 Å². The molecule has 1 atom stereocenters. The van der Waals surface area contributed by atoms with Gasteiger partial charge in [-0.1, -0.05) is 44.2 Å². The van der Waals surface area contributed by atoms with Gasteiger partial charge in [0.15, 0.2) is 9.84 Å². The molecule has 2 aromatic carbocycles. The Morgan fingerprint density at radius 3 is 2.48 bits per heavy atom. The molecule has 132 valence electrons. The zero-order valence-corrected chi connectivity index (χ0v) is 15.1. The number of nitro benzene ring substituents is 1. The zero-order valence-electron chi connectivity index (χ0n) is 14.3. The predicted molar refractivity (Wildman–Crippen MR) is 96.7 cm³/mol. The molecule has 0 fully saturated rings. The lowest BCUT2D eigenvalue weighted by Gasteiger charge is -2.20. The minimum atomic E-state index is -3.70. The lowest BCUT2D eigenvalue weighted by atomic mass is 9.86. The standard InChI is InChI=1S/C18H20N2O4S/c1-18(2)11-15(12-7-4-5-8-13(12)18)19-14-9-6-10-16(25(3,23)24)17(14)20(21)22/h4-10,15,19H,11H2,1-3H3. The summed E-state index contributed by atoms with van der Waals surface area (Å²) < 4.78 is 23.8. The summed E-state index contributed by atoms with van der Waals surface area (Å²) in [5.74, 6) is 0. The Labute approximate surface area is 147 Å². The maximum atomic E-state index is 11.9. The second kappa shape index (κ2) is 5.84. The van der Waals surface area contributed by atoms with Gasteiger partial charge in [-0.25, -0.2) is 8.42 Å². The van der Waals surface area contributed by atoms with Crippen LogP contribution in [0.3, 0.4) is 0 Å². The van der Waals surface area contributed by atoms with Crippen LogP contribution in [-0.2, 0) is 15.3 Å². The topological polar surface area (TPSA) is 89.3 Å². The molecule has 0 spiro atoms. The molecule has 2 aromatic rings. The number of para-hydroxylation sites is 1. The summed E-state index contributed by atoms with van der Waals surface area (Å²) in [5.41, 5.74) is 2.07. The predicted octanol–water partition coefficient (Wildman–Crippen LogP) is 3.83. The van der Waals surface area contributed by atoms with E-state index in [1.807, 2.05) is 18.2 Å². The van der Waals surface area contributed by atoms with E-state index in [0.717, 1.165) is 18.2 Å². The number of benzene rings is 2. The van der Waals surface area contributed by atoms with Crippen LogP contribution in [0.5, 0.6) is 0 Å². The molecule has 1 aliphatic carbocycles. The van der Waals surface area contributed by atoms with Crippen molar-refractivity contribution in [3.05, 3.63) is 63.7 Å². The number of nitro groups is 1. The van der Waals surface area contributed by atoms with Gasteiger partial charge in [0.2, 0.25) is 0 Å². The lowest BCUT2D eigenvalue weighted by Crippen LogP contribution is -2.15. The van der Waals surface area contributed by atoms with Gasteiger partial charge in [0, 0.05) is 6.26 Å². The highest BCUT2D eigenvalue weighted by Gasteiger charge is 2.37. The van der Waals surface area contributed by atoms with E-state index < -0.39 is 20.4 Å². The molecule has 3 rings (SSSR count). The number of fused-ring (bicyclic) bond motifs is 1. The molecule has 7 heteroatoms. The third-order valence-electron chi connectivity index (χ3n) is 4.69. The Bertz CT molecular complexity index is 951. The Kier molecular flexibility index (Phi) is 4.07. The normalized spacial score (nSPS) is 18.6. The van der Waals surface area contributed by atoms with Gasteiger partial charge in [-0.15, -0.1) is 0 Å². The summed E-state index contributed by atoms with van der Waals surface area (Å²) in [6, 6.07) is 12.2. The fraction of sp³-hybridized carbons (Fsp3) is 0.333. The van der Waals surface area contributed by atoms with E-state index in [9.17, 15) is 18.5 Å². The first kappa shape index (κ1) is 17.4. The second-order valence-corrected chi connectivity index (χ2v) is 9.04. The van der Waals surface area contributed by atoms with Gasteiger partial charge in [0.25, 0.3) is 0 Å². The molecule has 0 heterocycles. The van der Waals surface area contributed by atoms with Crippen molar-refractivity contribution in [2.45, 2.75) is 36.6 Å². The Morgan fingerprint density at radius 1 is 1.16 bits per heavy atom. The second-order valence-electron chi connectivity index (χ2n) is 7.05. The Morgan fingerprint density at radius 2 is 1.84 bits per heavy atom. The highest BCUT2D eigenvalue weighted by atomic mass is 32.2. The minimum absolute atomic E-state index is 0.0581. The van der Waals surface area contributed by atoms with Crippen molar-refractivity contribution in [2.24, 2.45) is 0 Å². The van der Waals surface area contributed by atoms with Crippen LogP contribution in [0.4, 0.5) is 11.4 Å². The summed E-state index contributed by atoms with van der Waals surface area (Å²) >= 11 is 0. The molecule has 1 N–H and O–H groups in total. The Balaban J connectivity index is 2.07. The van der Waals surface area contributed by atoms with Gasteiger partial charge in [-0.3, -0.25) is 10.1 Å². The molecule has 0 bridgehead atoms. The SMILES string of the molecule is CC1(C)CC(Nc2cccc(S(C)(=O)=O)c2[N+](=O)[O-])c2ccccc21. The number of sulfone groups is 1. The molecule has 6 nitrogen and oxygen atoms in total. The van der Waals surface area contributed by atoms with E-state index in [1.165, 1.54) is 17.7 Å². The summed E-state index contributed by atoms with van der Waals surface area (Å²) in [6.45, 7) is 4.27. The average Bonchev–Trinajstić information content (AvgIpc) is 2.77. The van der Waals surface area contributed by atoms with Crippen LogP contribution >= 0.6 is 0 Å². The van der Waals surface area contributed by atoms with Crippen molar-refractivity contribution in [1.29, 1.82) is 0 Å². The molecule has 0 amide bonds. The molecule has 0 saturated heterocycles. The van der Waals surface area contributed by atoms with Crippen molar-refractivity contribution in [2.75, 3.05) is 11.6 Å². The monoisotopic (exact) mass is 360 g/mol. The van der Waals surface area contributed by atoms with Crippen LogP contribution in [0.2, 0.25) is 0 Å². The fourth-order valence-electron chi connectivity index (χ4n) is 3.59. The quantitative estimate of drug-likeness (QED) is 0.661. The molecule has 1 aliphatic rings. The average molecular weight is 360 g/mol. The van der Waals surface area contributed by atoms with Crippen molar-refractivity contribution in [3.8, 4) is 0 Å². The number of nitrogens with one attached hydrogen (secondary N) is 1. The summed E-state index contributed by atoms with van der Waals surface area (Å²) in [4.78, 5) is 10.6. The van der Waals surface area contributed by atoms with Gasteiger partial charge in [-0.2, -0.15) is 0 Å². The van der Waals surface area contributed by atoms with Crippen LogP contribution in [-0.4, -0.2) is 19.6 Å². The van der Waals surface area contributed by atoms with Crippen molar-refractivity contribution in [1.82, 2.24) is 0 Å². The van der Waals surface area contributed by atoms with Crippen molar-refractivity contribution in [3.63, 3.8) is 0 Å². The van der Waals surface area contributed by atoms with Crippen molar-refractivity contribution >= 4 is 21.2 Å². The van der Waals surface area contributed by atoms with E-state index >= 15 is 0 Å². The zero-order chi connectivity index (χ0) is 18.4. The minimum Gasteiger partial charge on any atom is -0.373 e. The first-order valence-electron chi connectivity index (χ1n) is 7.94. The molecular weight excluding hydrogens is 340 g/mol. The molecule has 1 unspecified atom stereocenters. The van der Waals surface area contributed by atoms with Gasteiger partial charge in [0.05, 0.1) is 11.0 Å². The number of hydrogen-bond donors (Lipinski definition) is 1. The molecule has 0 aromatic heterocycles. The van der Waals surface area contributed by atoms with Crippen LogP contribution in [0, 0.1) is 10.1 Å². The summed E-state index contributed by atoms with van der Waals surface area (Å²) in [7, 11) is -3.70. The van der Waals surface area contributed by atoms with Crippen LogP contribution < -0.4 is 5.32 Å². The first-order chi connectivity index (χ1) is 11.6. The molecular formula is C18H20N2O4S. The summed E-state index contributed by atoms with van der Waals surface area (Å²) in [5, 5.41) is 14.7. The van der Waals surface area contributed by atoms with Gasteiger partial charge < -0.3 is 5.32 Å². The van der Waals surface area contributed by atoms with E-state index in [-0.39, 0.29) is 22.0 Å². The van der Waals surface area contributed by atoms with E-state index in [4.69, 9.17) is 0 Å². The Hall–Kier alpha value is -2.41. The van der Waals surface area contributed by atoms with Crippen LogP contribution in [0.1, 0.15) is 37.4 Å². The molecule has 0 saturated carbocycles. The van der Waals surface area contributed by atoms with Gasteiger partial charge in [0.1, 0.15) is 10.6 Å². The highest BCUT2D eigenvalue weighted by molar-refractivity contribution is 7.90. The van der Waals surface area contributed by atoms with Gasteiger partial charge >= 0.3 is 5.69 Å². The van der Waals surface area contributed by atoms with E-state index in [2.05, 4.69) is 25.2 Å². The maximum absolute atomic E-state index is 11.9. The fourth-order valence-corrected chi connectivity index (χ4v) is 4.45. The number of hydrogen-bond acceptors (Lipinski definition) is 5. The molecule has 25 heavy (non-hydrogen) atoms. The first-order valence-corrected chi connectivity index (χ1v) is 9.84. The van der Waals surface area contributed by atoms with E-state index in [1.54, 1.807) is 6.07 Å². The van der Waals surface area contributed by atoms with Crippen LogP contribution in [0.25, 0.3) is 0 Å². The lowest BCUT2D eigenvalue weighted by molar-refractivity contribution is -0.386. The third kappa shape index (κ3) is 3.11.